The molecule has 0 aliphatic carbocycles. The third-order valence-electron chi connectivity index (χ3n) is 3.85. The van der Waals surface area contributed by atoms with Gasteiger partial charge in [-0.2, -0.15) is 4.98 Å². The molecule has 2 rings (SSSR count). The van der Waals surface area contributed by atoms with Crippen LogP contribution >= 0.6 is 0 Å². The Kier molecular flexibility index (Phi) is 6.23. The molecule has 5 nitrogen and oxygen atoms in total. The maximum Gasteiger partial charge on any atom is 0.221 e. The Labute approximate surface area is 128 Å². The van der Waals surface area contributed by atoms with Crippen LogP contribution in [0, 0.1) is 13.8 Å². The van der Waals surface area contributed by atoms with Crippen molar-refractivity contribution in [3.8, 4) is 5.88 Å². The quantitative estimate of drug-likeness (QED) is 0.837. The zero-order valence-corrected chi connectivity index (χ0v) is 13.6. The summed E-state index contributed by atoms with van der Waals surface area (Å²) in [5.41, 5.74) is 1.01. The highest BCUT2D eigenvalue weighted by Crippen LogP contribution is 2.22. The Morgan fingerprint density at radius 2 is 1.90 bits per heavy atom. The Balaban J connectivity index is 1.90. The fourth-order valence-corrected chi connectivity index (χ4v) is 2.61. The molecule has 118 valence electrons. The summed E-state index contributed by atoms with van der Waals surface area (Å²) in [5.74, 6) is 2.38. The second-order valence-corrected chi connectivity index (χ2v) is 5.73. The van der Waals surface area contributed by atoms with E-state index in [-0.39, 0.29) is 0 Å². The minimum absolute atomic E-state index is 0.699. The Morgan fingerprint density at radius 1 is 1.14 bits per heavy atom. The van der Waals surface area contributed by atoms with Gasteiger partial charge in [0.2, 0.25) is 5.88 Å². The lowest BCUT2D eigenvalue weighted by atomic mass is 10.1. The van der Waals surface area contributed by atoms with Crippen molar-refractivity contribution in [1.29, 1.82) is 0 Å². The first-order valence-corrected chi connectivity index (χ1v) is 8.15. The number of likely N-dealkylation sites (tertiary alicyclic amines) is 1. The molecular formula is C16H28N4O. The van der Waals surface area contributed by atoms with E-state index < -0.39 is 0 Å². The third kappa shape index (κ3) is 4.84. The van der Waals surface area contributed by atoms with Crippen molar-refractivity contribution in [2.75, 3.05) is 38.1 Å². The molecule has 1 saturated heterocycles. The lowest BCUT2D eigenvalue weighted by Gasteiger charge is -2.26. The van der Waals surface area contributed by atoms with E-state index in [0.717, 1.165) is 42.6 Å². The molecule has 5 heteroatoms. The van der Waals surface area contributed by atoms with Crippen LogP contribution in [0.15, 0.2) is 0 Å². The van der Waals surface area contributed by atoms with Crippen LogP contribution in [0.4, 0.5) is 5.82 Å². The molecule has 2 heterocycles. The number of aryl methyl sites for hydroxylation is 1. The van der Waals surface area contributed by atoms with Crippen molar-refractivity contribution in [3.05, 3.63) is 11.4 Å². The van der Waals surface area contributed by atoms with Gasteiger partial charge in [0.1, 0.15) is 18.2 Å². The van der Waals surface area contributed by atoms with Crippen LogP contribution < -0.4 is 10.1 Å². The smallest absolute Gasteiger partial charge is 0.221 e. The van der Waals surface area contributed by atoms with Gasteiger partial charge >= 0.3 is 0 Å². The molecule has 1 aromatic rings. The largest absolute Gasteiger partial charge is 0.476 e. The first-order chi connectivity index (χ1) is 10.2. The summed E-state index contributed by atoms with van der Waals surface area (Å²) < 4.78 is 5.91. The Hall–Kier alpha value is -1.36. The number of anilines is 1. The number of hydrogen-bond acceptors (Lipinski definition) is 5. The molecule has 0 aromatic carbocycles. The van der Waals surface area contributed by atoms with Gasteiger partial charge < -0.3 is 10.1 Å². The number of aromatic nitrogens is 2. The van der Waals surface area contributed by atoms with Crippen molar-refractivity contribution in [2.24, 2.45) is 0 Å². The van der Waals surface area contributed by atoms with E-state index in [1.54, 1.807) is 0 Å². The lowest BCUT2D eigenvalue weighted by Crippen LogP contribution is -2.33. The zero-order chi connectivity index (χ0) is 15.1. The standard InChI is InChI=1S/C16H28N4O/c1-4-8-17-15-13(2)16(19-14(3)18-15)21-12-11-20-9-6-5-7-10-20/h4-12H2,1-3H3,(H,17,18,19). The minimum Gasteiger partial charge on any atom is -0.476 e. The monoisotopic (exact) mass is 292 g/mol. The summed E-state index contributed by atoms with van der Waals surface area (Å²) in [6.07, 6.45) is 5.08. The fourth-order valence-electron chi connectivity index (χ4n) is 2.61. The van der Waals surface area contributed by atoms with Crippen LogP contribution in [-0.4, -0.2) is 47.7 Å². The molecule has 0 amide bonds. The van der Waals surface area contributed by atoms with E-state index in [0.29, 0.717) is 6.61 Å². The molecule has 0 unspecified atom stereocenters. The van der Waals surface area contributed by atoms with Gasteiger partial charge in [0.15, 0.2) is 0 Å². The van der Waals surface area contributed by atoms with Crippen LogP contribution in [0.2, 0.25) is 0 Å². The maximum absolute atomic E-state index is 5.91. The van der Waals surface area contributed by atoms with Gasteiger partial charge in [-0.15, -0.1) is 0 Å². The molecule has 0 spiro atoms. The molecule has 1 aromatic heterocycles. The van der Waals surface area contributed by atoms with E-state index in [1.165, 1.54) is 32.4 Å². The third-order valence-corrected chi connectivity index (χ3v) is 3.85. The molecule has 0 bridgehead atoms. The summed E-state index contributed by atoms with van der Waals surface area (Å²) >= 11 is 0. The van der Waals surface area contributed by atoms with E-state index in [2.05, 4.69) is 27.1 Å². The number of hydrogen-bond donors (Lipinski definition) is 1. The van der Waals surface area contributed by atoms with Crippen molar-refractivity contribution >= 4 is 5.82 Å². The van der Waals surface area contributed by atoms with Crippen molar-refractivity contribution in [3.63, 3.8) is 0 Å². The second-order valence-electron chi connectivity index (χ2n) is 5.73. The van der Waals surface area contributed by atoms with Crippen molar-refractivity contribution in [2.45, 2.75) is 46.5 Å². The highest BCUT2D eigenvalue weighted by atomic mass is 16.5. The van der Waals surface area contributed by atoms with Gasteiger partial charge in [-0.25, -0.2) is 4.98 Å². The van der Waals surface area contributed by atoms with Crippen LogP contribution in [0.25, 0.3) is 0 Å². The molecule has 0 radical (unpaired) electrons. The van der Waals surface area contributed by atoms with Gasteiger partial charge in [0.25, 0.3) is 0 Å². The van der Waals surface area contributed by atoms with Gasteiger partial charge in [0.05, 0.1) is 5.56 Å². The lowest BCUT2D eigenvalue weighted by molar-refractivity contribution is 0.180. The van der Waals surface area contributed by atoms with Crippen LogP contribution in [-0.2, 0) is 0 Å². The molecule has 21 heavy (non-hydrogen) atoms. The molecule has 0 saturated carbocycles. The predicted molar refractivity (Wildman–Crippen MR) is 86.1 cm³/mol. The first kappa shape index (κ1) is 16.0. The van der Waals surface area contributed by atoms with Gasteiger partial charge in [-0.3, -0.25) is 4.90 Å². The van der Waals surface area contributed by atoms with Crippen molar-refractivity contribution < 1.29 is 4.74 Å². The van der Waals surface area contributed by atoms with E-state index in [4.69, 9.17) is 4.74 Å². The topological polar surface area (TPSA) is 50.3 Å². The normalized spacial score (nSPS) is 16.0. The first-order valence-electron chi connectivity index (χ1n) is 8.15. The van der Waals surface area contributed by atoms with Crippen molar-refractivity contribution in [1.82, 2.24) is 14.9 Å². The molecule has 0 atom stereocenters. The number of piperidine rings is 1. The summed E-state index contributed by atoms with van der Waals surface area (Å²) in [7, 11) is 0. The van der Waals surface area contributed by atoms with E-state index in [1.807, 2.05) is 13.8 Å². The minimum atomic E-state index is 0.699. The van der Waals surface area contributed by atoms with E-state index >= 15 is 0 Å². The molecular weight excluding hydrogens is 264 g/mol. The Morgan fingerprint density at radius 3 is 2.62 bits per heavy atom. The van der Waals surface area contributed by atoms with Crippen LogP contribution in [0.5, 0.6) is 5.88 Å². The highest BCUT2D eigenvalue weighted by Gasteiger charge is 2.12. The van der Waals surface area contributed by atoms with Gasteiger partial charge in [0, 0.05) is 13.1 Å². The average molecular weight is 292 g/mol. The molecule has 1 N–H and O–H groups in total. The number of rotatable bonds is 7. The SMILES string of the molecule is CCCNc1nc(C)nc(OCCN2CCCCC2)c1C. The summed E-state index contributed by atoms with van der Waals surface area (Å²) in [6, 6.07) is 0. The number of nitrogens with one attached hydrogen (secondary N) is 1. The molecule has 1 aliphatic heterocycles. The predicted octanol–water partition coefficient (Wildman–Crippen LogP) is 2.78. The van der Waals surface area contributed by atoms with Gasteiger partial charge in [-0.1, -0.05) is 13.3 Å². The summed E-state index contributed by atoms with van der Waals surface area (Å²) in [4.78, 5) is 11.4. The Bertz CT molecular complexity index is 444. The highest BCUT2D eigenvalue weighted by molar-refractivity contribution is 5.48. The summed E-state index contributed by atoms with van der Waals surface area (Å²) in [6.45, 7) is 11.1. The number of ether oxygens (including phenoxy) is 1. The second kappa shape index (κ2) is 8.17. The fraction of sp³-hybridized carbons (Fsp3) is 0.750. The number of nitrogens with zero attached hydrogens (tertiary/aromatic N) is 3. The van der Waals surface area contributed by atoms with Crippen LogP contribution in [0.1, 0.15) is 44.0 Å². The zero-order valence-electron chi connectivity index (χ0n) is 13.6. The van der Waals surface area contributed by atoms with E-state index in [9.17, 15) is 0 Å². The molecule has 1 aliphatic rings. The average Bonchev–Trinajstić information content (AvgIpc) is 2.50. The maximum atomic E-state index is 5.91. The summed E-state index contributed by atoms with van der Waals surface area (Å²) in [5, 5.41) is 3.34. The molecule has 1 fully saturated rings. The van der Waals surface area contributed by atoms with Crippen LogP contribution in [0.3, 0.4) is 0 Å². The van der Waals surface area contributed by atoms with Gasteiger partial charge in [-0.05, 0) is 46.2 Å².